The van der Waals surface area contributed by atoms with E-state index in [2.05, 4.69) is 192 Å². The minimum absolute atomic E-state index is 0.524. The molecular formula is C69H44N6S2. The molecule has 15 rings (SSSR count). The Hall–Kier alpha value is -9.60. The molecule has 0 aliphatic rings. The summed E-state index contributed by atoms with van der Waals surface area (Å²) in [4.78, 5) is 21.3. The number of aromatic nitrogens is 6. The molecule has 6 nitrogen and oxygen atoms in total. The minimum Gasteiger partial charge on any atom is -0.309 e. The second-order valence-corrected chi connectivity index (χ2v) is 21.5. The Labute approximate surface area is 451 Å². The predicted molar refractivity (Wildman–Crippen MR) is 327 cm³/mol. The number of fused-ring (bicyclic) bond motifs is 14. The second kappa shape index (κ2) is 18.1. The zero-order valence-electron chi connectivity index (χ0n) is 41.7. The number of benzene rings is 9. The van der Waals surface area contributed by atoms with Gasteiger partial charge in [-0.2, -0.15) is 0 Å². The summed E-state index contributed by atoms with van der Waals surface area (Å²) in [6.07, 6.45) is 9.77. The van der Waals surface area contributed by atoms with Gasteiger partial charge in [0.05, 0.1) is 27.8 Å². The van der Waals surface area contributed by atoms with Crippen molar-refractivity contribution in [2.75, 3.05) is 0 Å². The Morgan fingerprint density at radius 3 is 1.56 bits per heavy atom. The van der Waals surface area contributed by atoms with E-state index < -0.39 is 0 Å². The lowest BCUT2D eigenvalue weighted by atomic mass is 9.97. The number of rotatable bonds is 9. The van der Waals surface area contributed by atoms with E-state index in [0.29, 0.717) is 17.5 Å². The lowest BCUT2D eigenvalue weighted by molar-refractivity contribution is 1.04. The van der Waals surface area contributed by atoms with Crippen LogP contribution >= 0.6 is 22.7 Å². The van der Waals surface area contributed by atoms with Crippen molar-refractivity contribution in [1.29, 1.82) is 0 Å². The highest BCUT2D eigenvalue weighted by Crippen LogP contribution is 2.47. The van der Waals surface area contributed by atoms with E-state index in [1.807, 2.05) is 84.4 Å². The van der Waals surface area contributed by atoms with Crippen LogP contribution < -0.4 is 0 Å². The SMILES string of the molecule is C=C/C=C(\C=C/C)c1nc(-c2ccccc2)nc(-c2cc(-c3ccc4sc5ccc6c7ccccc7n(-c7ccccc7)c6c5c4c3)cnc2-c2ccc3sc4ccc5c6ccccc6n(-c6ccccc6)c5c4c3c2)n1. The summed E-state index contributed by atoms with van der Waals surface area (Å²) < 4.78 is 9.77. The third-order valence-electron chi connectivity index (χ3n) is 14.9. The largest absolute Gasteiger partial charge is 0.309 e. The van der Waals surface area contributed by atoms with Crippen molar-refractivity contribution in [2.24, 2.45) is 0 Å². The third kappa shape index (κ3) is 7.21. The molecule has 77 heavy (non-hydrogen) atoms. The fourth-order valence-electron chi connectivity index (χ4n) is 11.5. The van der Waals surface area contributed by atoms with E-state index in [-0.39, 0.29) is 0 Å². The molecule has 0 saturated carbocycles. The van der Waals surface area contributed by atoms with Crippen LogP contribution in [0, 0.1) is 0 Å². The van der Waals surface area contributed by atoms with Gasteiger partial charge in [-0.3, -0.25) is 4.98 Å². The zero-order chi connectivity index (χ0) is 51.1. The molecule has 0 amide bonds. The molecule has 0 spiro atoms. The van der Waals surface area contributed by atoms with Crippen molar-refractivity contribution >= 4 is 112 Å². The Bertz CT molecular complexity index is 4940. The molecule has 0 atom stereocenters. The number of thiophene rings is 2. The molecule has 6 aromatic heterocycles. The van der Waals surface area contributed by atoms with Gasteiger partial charge in [0.2, 0.25) is 0 Å². The summed E-state index contributed by atoms with van der Waals surface area (Å²) in [5.74, 6) is 1.64. The van der Waals surface area contributed by atoms with Gasteiger partial charge in [-0.25, -0.2) is 15.0 Å². The second-order valence-electron chi connectivity index (χ2n) is 19.3. The summed E-state index contributed by atoms with van der Waals surface area (Å²) in [5.41, 5.74) is 13.3. The molecule has 0 bridgehead atoms. The maximum Gasteiger partial charge on any atom is 0.166 e. The standard InChI is InChI=1S/C69H44N6S2/c1-3-18-42(19-4-2)67-71-68(43-20-8-5-9-21-43)73-69(72-67)55-40-46(44-30-34-58-53(38-44)62-60(76-58)36-32-51-49-26-14-16-28-56(49)74(65(51)62)47-22-10-6-11-23-47)41-70-64(55)45-31-35-59-54(39-45)63-61(77-59)37-33-52-50-27-15-17-29-57(50)75(66(52)63)48-24-12-7-13-25-48/h3-41H,1H2,2H3/b19-4-,42-18+. The summed E-state index contributed by atoms with van der Waals surface area (Å²) in [5, 5.41) is 9.75. The summed E-state index contributed by atoms with van der Waals surface area (Å²) >= 11 is 3.66. The quantitative estimate of drug-likeness (QED) is 0.135. The van der Waals surface area contributed by atoms with Crippen LogP contribution in [0.5, 0.6) is 0 Å². The summed E-state index contributed by atoms with van der Waals surface area (Å²) in [6, 6.07) is 74.1. The molecule has 0 N–H and O–H groups in total. The molecule has 0 fully saturated rings. The highest BCUT2D eigenvalue weighted by molar-refractivity contribution is 7.26. The number of hydrogen-bond acceptors (Lipinski definition) is 6. The van der Waals surface area contributed by atoms with E-state index in [1.165, 1.54) is 84.0 Å². The average molecular weight is 1020 g/mol. The maximum absolute atomic E-state index is 5.50. The molecule has 0 radical (unpaired) electrons. The monoisotopic (exact) mass is 1020 g/mol. The normalized spacial score (nSPS) is 12.3. The fourth-order valence-corrected chi connectivity index (χ4v) is 13.7. The first-order valence-electron chi connectivity index (χ1n) is 25.8. The average Bonchev–Trinajstić information content (AvgIpc) is 4.38. The van der Waals surface area contributed by atoms with Crippen LogP contribution in [-0.4, -0.2) is 29.1 Å². The van der Waals surface area contributed by atoms with Crippen molar-refractivity contribution in [3.8, 4) is 56.5 Å². The van der Waals surface area contributed by atoms with Gasteiger partial charge >= 0.3 is 0 Å². The number of nitrogens with zero attached hydrogens (tertiary/aromatic N) is 6. The van der Waals surface area contributed by atoms with Gasteiger partial charge < -0.3 is 9.13 Å². The van der Waals surface area contributed by atoms with Crippen LogP contribution in [-0.2, 0) is 0 Å². The first-order valence-corrected chi connectivity index (χ1v) is 27.4. The Balaban J connectivity index is 0.991. The van der Waals surface area contributed by atoms with Crippen LogP contribution in [0.15, 0.2) is 243 Å². The van der Waals surface area contributed by atoms with E-state index in [4.69, 9.17) is 19.9 Å². The third-order valence-corrected chi connectivity index (χ3v) is 17.1. The maximum atomic E-state index is 5.50. The lowest BCUT2D eigenvalue weighted by Gasteiger charge is -2.14. The Morgan fingerprint density at radius 2 is 0.974 bits per heavy atom. The highest BCUT2D eigenvalue weighted by Gasteiger charge is 2.23. The zero-order valence-corrected chi connectivity index (χ0v) is 43.4. The lowest BCUT2D eigenvalue weighted by Crippen LogP contribution is -2.04. The molecule has 0 aliphatic heterocycles. The Morgan fingerprint density at radius 1 is 0.455 bits per heavy atom. The molecule has 0 saturated heterocycles. The van der Waals surface area contributed by atoms with Crippen molar-refractivity contribution < 1.29 is 0 Å². The number of hydrogen-bond donors (Lipinski definition) is 0. The summed E-state index contributed by atoms with van der Waals surface area (Å²) in [7, 11) is 0. The van der Waals surface area contributed by atoms with Crippen LogP contribution in [0.25, 0.3) is 146 Å². The van der Waals surface area contributed by atoms with Crippen molar-refractivity contribution in [2.45, 2.75) is 6.92 Å². The van der Waals surface area contributed by atoms with Gasteiger partial charge in [0.15, 0.2) is 17.5 Å². The van der Waals surface area contributed by atoms with Crippen molar-refractivity contribution in [1.82, 2.24) is 29.1 Å². The van der Waals surface area contributed by atoms with Crippen LogP contribution in [0.4, 0.5) is 0 Å². The van der Waals surface area contributed by atoms with Crippen LogP contribution in [0.3, 0.4) is 0 Å². The van der Waals surface area contributed by atoms with Gasteiger partial charge in [-0.15, -0.1) is 22.7 Å². The van der Waals surface area contributed by atoms with Crippen LogP contribution in [0.1, 0.15) is 12.7 Å². The minimum atomic E-state index is 0.524. The van der Waals surface area contributed by atoms with Crippen molar-refractivity contribution in [3.63, 3.8) is 0 Å². The number of allylic oxidation sites excluding steroid dienone is 5. The molecule has 0 aliphatic carbocycles. The van der Waals surface area contributed by atoms with Crippen molar-refractivity contribution in [3.05, 3.63) is 249 Å². The molecule has 0 unspecified atom stereocenters. The van der Waals surface area contributed by atoms with E-state index >= 15 is 0 Å². The predicted octanol–water partition coefficient (Wildman–Crippen LogP) is 19.0. The van der Waals surface area contributed by atoms with Gasteiger partial charge in [-0.05, 0) is 91.3 Å². The van der Waals surface area contributed by atoms with Gasteiger partial charge in [0.25, 0.3) is 0 Å². The van der Waals surface area contributed by atoms with Crippen LogP contribution in [0.2, 0.25) is 0 Å². The van der Waals surface area contributed by atoms with Gasteiger partial charge in [-0.1, -0.05) is 158 Å². The molecule has 9 aromatic carbocycles. The van der Waals surface area contributed by atoms with E-state index in [0.717, 1.165) is 50.5 Å². The highest BCUT2D eigenvalue weighted by atomic mass is 32.1. The molecular weight excluding hydrogens is 977 g/mol. The topological polar surface area (TPSA) is 61.4 Å². The molecule has 362 valence electrons. The first-order chi connectivity index (χ1) is 38.1. The molecule has 8 heteroatoms. The number of pyridine rings is 1. The van der Waals surface area contributed by atoms with E-state index in [1.54, 1.807) is 6.08 Å². The Kier molecular flexibility index (Phi) is 10.5. The van der Waals surface area contributed by atoms with E-state index in [9.17, 15) is 0 Å². The first kappa shape index (κ1) is 44.8. The molecule has 6 heterocycles. The van der Waals surface area contributed by atoms with Gasteiger partial charge in [0.1, 0.15) is 0 Å². The fraction of sp³-hybridized carbons (Fsp3) is 0.0145. The smallest absolute Gasteiger partial charge is 0.166 e. The molecule has 15 aromatic rings. The van der Waals surface area contributed by atoms with Gasteiger partial charge in [0, 0.05) is 107 Å². The summed E-state index contributed by atoms with van der Waals surface area (Å²) in [6.45, 7) is 6.06. The number of para-hydroxylation sites is 4.